The fourth-order valence-corrected chi connectivity index (χ4v) is 3.58. The van der Waals surface area contributed by atoms with Crippen LogP contribution in [0.1, 0.15) is 4.88 Å². The topological polar surface area (TPSA) is 55.9 Å². The first-order valence-corrected chi connectivity index (χ1v) is 8.65. The second-order valence-corrected chi connectivity index (χ2v) is 6.76. The molecular weight excluding hydrogens is 300 g/mol. The molecule has 0 atom stereocenters. The molecule has 1 N–H and O–H groups in total. The van der Waals surface area contributed by atoms with E-state index in [1.54, 1.807) is 0 Å². The number of piperazine rings is 1. The number of thiophene rings is 1. The SMILES string of the molecule is O=C(CN1CCN(CCc2cccs2)CC1)N1CCNC1=O. The van der Waals surface area contributed by atoms with Gasteiger partial charge in [-0.05, 0) is 17.9 Å². The van der Waals surface area contributed by atoms with Gasteiger partial charge in [0.2, 0.25) is 5.91 Å². The van der Waals surface area contributed by atoms with E-state index in [9.17, 15) is 9.59 Å². The van der Waals surface area contributed by atoms with Crippen LogP contribution in [-0.4, -0.2) is 79.0 Å². The molecule has 3 amide bonds. The Balaban J connectivity index is 1.38. The number of carbonyl (C=O) groups excluding carboxylic acids is 2. The van der Waals surface area contributed by atoms with Crippen LogP contribution in [0.4, 0.5) is 4.79 Å². The second-order valence-electron chi connectivity index (χ2n) is 5.72. The summed E-state index contributed by atoms with van der Waals surface area (Å²) in [5.74, 6) is -0.0814. The normalized spacial score (nSPS) is 20.4. The number of carbonyl (C=O) groups is 2. The third kappa shape index (κ3) is 3.85. The van der Waals surface area contributed by atoms with E-state index in [1.165, 1.54) is 9.78 Å². The number of nitrogens with one attached hydrogen (secondary N) is 1. The molecule has 6 nitrogen and oxygen atoms in total. The maximum Gasteiger partial charge on any atom is 0.324 e. The third-order valence-corrected chi connectivity index (χ3v) is 5.17. The lowest BCUT2D eigenvalue weighted by Crippen LogP contribution is -2.50. The third-order valence-electron chi connectivity index (χ3n) is 4.24. The highest BCUT2D eigenvalue weighted by Crippen LogP contribution is 2.11. The Hall–Kier alpha value is -1.44. The Kier molecular flexibility index (Phi) is 5.07. The molecule has 3 rings (SSSR count). The van der Waals surface area contributed by atoms with E-state index in [1.807, 2.05) is 11.3 Å². The number of urea groups is 1. The smallest absolute Gasteiger partial charge is 0.324 e. The van der Waals surface area contributed by atoms with Crippen molar-refractivity contribution in [2.75, 3.05) is 52.4 Å². The van der Waals surface area contributed by atoms with Gasteiger partial charge in [-0.2, -0.15) is 0 Å². The molecule has 1 aromatic heterocycles. The van der Waals surface area contributed by atoms with E-state index >= 15 is 0 Å². The number of imide groups is 1. The lowest BCUT2D eigenvalue weighted by molar-refractivity contribution is -0.129. The predicted octanol–water partition coefficient (Wildman–Crippen LogP) is 0.460. The monoisotopic (exact) mass is 322 g/mol. The van der Waals surface area contributed by atoms with Gasteiger partial charge >= 0.3 is 6.03 Å². The molecular formula is C15H22N4O2S. The number of hydrogen-bond donors (Lipinski definition) is 1. The zero-order valence-electron chi connectivity index (χ0n) is 12.7. The summed E-state index contributed by atoms with van der Waals surface area (Å²) in [6.45, 7) is 6.27. The molecule has 7 heteroatoms. The van der Waals surface area contributed by atoms with Gasteiger partial charge in [-0.25, -0.2) is 4.79 Å². The van der Waals surface area contributed by atoms with Gasteiger partial charge in [0.1, 0.15) is 0 Å². The van der Waals surface area contributed by atoms with Crippen LogP contribution in [0.5, 0.6) is 0 Å². The van der Waals surface area contributed by atoms with Crippen LogP contribution in [0.25, 0.3) is 0 Å². The van der Waals surface area contributed by atoms with Crippen molar-refractivity contribution in [1.82, 2.24) is 20.0 Å². The maximum absolute atomic E-state index is 12.1. The summed E-state index contributed by atoms with van der Waals surface area (Å²) >= 11 is 1.81. The molecule has 0 aromatic carbocycles. The molecule has 0 radical (unpaired) electrons. The van der Waals surface area contributed by atoms with Gasteiger partial charge in [0.05, 0.1) is 6.54 Å². The molecule has 0 bridgehead atoms. The molecule has 2 aliphatic rings. The molecule has 3 heterocycles. The van der Waals surface area contributed by atoms with Gasteiger partial charge in [0, 0.05) is 50.7 Å². The van der Waals surface area contributed by atoms with Gasteiger partial charge in [-0.3, -0.25) is 14.6 Å². The van der Waals surface area contributed by atoms with Crippen LogP contribution in [0.15, 0.2) is 17.5 Å². The number of amides is 3. The fourth-order valence-electron chi connectivity index (χ4n) is 2.88. The van der Waals surface area contributed by atoms with Gasteiger partial charge in [0.25, 0.3) is 0 Å². The van der Waals surface area contributed by atoms with Gasteiger partial charge < -0.3 is 10.2 Å². The minimum atomic E-state index is -0.250. The van der Waals surface area contributed by atoms with Crippen LogP contribution in [0.3, 0.4) is 0 Å². The summed E-state index contributed by atoms with van der Waals surface area (Å²) in [6, 6.07) is 4.03. The van der Waals surface area contributed by atoms with Crippen molar-refractivity contribution in [3.8, 4) is 0 Å². The molecule has 0 saturated carbocycles. The van der Waals surface area contributed by atoms with Gasteiger partial charge in [-0.15, -0.1) is 11.3 Å². The van der Waals surface area contributed by atoms with E-state index in [2.05, 4.69) is 32.6 Å². The number of rotatable bonds is 5. The Labute approximate surface area is 134 Å². The molecule has 0 unspecified atom stereocenters. The van der Waals surface area contributed by atoms with E-state index in [-0.39, 0.29) is 11.9 Å². The summed E-state index contributed by atoms with van der Waals surface area (Å²) < 4.78 is 0. The highest BCUT2D eigenvalue weighted by molar-refractivity contribution is 7.09. The van der Waals surface area contributed by atoms with Crippen molar-refractivity contribution in [2.24, 2.45) is 0 Å². The largest absolute Gasteiger partial charge is 0.336 e. The molecule has 120 valence electrons. The summed E-state index contributed by atoms with van der Waals surface area (Å²) in [5.41, 5.74) is 0. The quantitative estimate of drug-likeness (QED) is 0.856. The summed E-state index contributed by atoms with van der Waals surface area (Å²) in [5, 5.41) is 4.78. The molecule has 0 spiro atoms. The zero-order chi connectivity index (χ0) is 15.4. The van der Waals surface area contributed by atoms with Crippen LogP contribution in [-0.2, 0) is 11.2 Å². The first-order valence-electron chi connectivity index (χ1n) is 7.77. The Morgan fingerprint density at radius 3 is 2.59 bits per heavy atom. The van der Waals surface area contributed by atoms with Crippen molar-refractivity contribution in [3.05, 3.63) is 22.4 Å². The first-order chi connectivity index (χ1) is 10.7. The zero-order valence-corrected chi connectivity index (χ0v) is 13.5. The van der Waals surface area contributed by atoms with E-state index in [0.29, 0.717) is 19.6 Å². The lowest BCUT2D eigenvalue weighted by Gasteiger charge is -2.34. The molecule has 0 aliphatic carbocycles. The fraction of sp³-hybridized carbons (Fsp3) is 0.600. The standard InChI is InChI=1S/C15H22N4O2S/c20-14(19-6-4-16-15(19)21)12-18-9-7-17(8-10-18)5-3-13-2-1-11-22-13/h1-2,11H,3-10,12H2,(H,16,21). The van der Waals surface area contributed by atoms with Crippen molar-refractivity contribution < 1.29 is 9.59 Å². The van der Waals surface area contributed by atoms with Crippen molar-refractivity contribution in [2.45, 2.75) is 6.42 Å². The van der Waals surface area contributed by atoms with E-state index < -0.39 is 0 Å². The van der Waals surface area contributed by atoms with Gasteiger partial charge in [0.15, 0.2) is 0 Å². The van der Waals surface area contributed by atoms with Crippen LogP contribution in [0.2, 0.25) is 0 Å². The van der Waals surface area contributed by atoms with Crippen LogP contribution < -0.4 is 5.32 Å². The summed E-state index contributed by atoms with van der Waals surface area (Å²) in [4.78, 5) is 30.9. The second kappa shape index (κ2) is 7.21. The lowest BCUT2D eigenvalue weighted by atomic mass is 10.2. The molecule has 1 aromatic rings. The number of hydrogen-bond acceptors (Lipinski definition) is 5. The van der Waals surface area contributed by atoms with E-state index in [0.717, 1.165) is 39.1 Å². The minimum Gasteiger partial charge on any atom is -0.336 e. The minimum absolute atomic E-state index is 0.0814. The van der Waals surface area contributed by atoms with Crippen LogP contribution in [0, 0.1) is 0 Å². The summed E-state index contributed by atoms with van der Waals surface area (Å²) in [6.07, 6.45) is 1.10. The average Bonchev–Trinajstić information content (AvgIpc) is 3.18. The molecule has 2 fully saturated rings. The molecule has 22 heavy (non-hydrogen) atoms. The Bertz CT molecular complexity index is 512. The summed E-state index contributed by atoms with van der Waals surface area (Å²) in [7, 11) is 0. The van der Waals surface area contributed by atoms with Crippen molar-refractivity contribution >= 4 is 23.3 Å². The Morgan fingerprint density at radius 1 is 1.18 bits per heavy atom. The molecule has 2 aliphatic heterocycles. The maximum atomic E-state index is 12.1. The predicted molar refractivity (Wildman–Crippen MR) is 86.0 cm³/mol. The highest BCUT2D eigenvalue weighted by Gasteiger charge is 2.28. The van der Waals surface area contributed by atoms with Gasteiger partial charge in [-0.1, -0.05) is 6.07 Å². The first kappa shape index (κ1) is 15.5. The number of nitrogens with zero attached hydrogens (tertiary/aromatic N) is 3. The van der Waals surface area contributed by atoms with Crippen LogP contribution >= 0.6 is 11.3 Å². The average molecular weight is 322 g/mol. The van der Waals surface area contributed by atoms with Crippen molar-refractivity contribution in [3.63, 3.8) is 0 Å². The van der Waals surface area contributed by atoms with Crippen molar-refractivity contribution in [1.29, 1.82) is 0 Å². The Morgan fingerprint density at radius 2 is 1.95 bits per heavy atom. The van der Waals surface area contributed by atoms with E-state index in [4.69, 9.17) is 0 Å². The highest BCUT2D eigenvalue weighted by atomic mass is 32.1. The molecule has 2 saturated heterocycles.